The molecule has 1 heterocycles. The van der Waals surface area contributed by atoms with Gasteiger partial charge in [-0.25, -0.2) is 4.79 Å². The van der Waals surface area contributed by atoms with E-state index in [-0.39, 0.29) is 6.03 Å². The number of urea groups is 1. The standard InChI is InChI=1S/C19H30N2O3/c1-14(2)13-20-19(22)21-9-7-15(8-10-21)11-16-5-6-17(23-3)18(12-16)24-4/h5-6,12,14-15H,7-11,13H2,1-4H3,(H,20,22). The Labute approximate surface area is 145 Å². The molecule has 5 nitrogen and oxygen atoms in total. The van der Waals surface area contributed by atoms with Crippen LogP contribution in [0.1, 0.15) is 32.3 Å². The number of rotatable bonds is 6. The van der Waals surface area contributed by atoms with E-state index >= 15 is 0 Å². The fourth-order valence-electron chi connectivity index (χ4n) is 3.08. The lowest BCUT2D eigenvalue weighted by Gasteiger charge is -2.32. The van der Waals surface area contributed by atoms with Crippen molar-refractivity contribution in [3.05, 3.63) is 23.8 Å². The highest BCUT2D eigenvalue weighted by molar-refractivity contribution is 5.74. The van der Waals surface area contributed by atoms with Gasteiger partial charge >= 0.3 is 6.03 Å². The summed E-state index contributed by atoms with van der Waals surface area (Å²) in [5, 5.41) is 3.00. The Kier molecular flexibility index (Phi) is 6.76. The minimum Gasteiger partial charge on any atom is -0.493 e. The van der Waals surface area contributed by atoms with Crippen LogP contribution in [-0.4, -0.2) is 44.8 Å². The monoisotopic (exact) mass is 334 g/mol. The summed E-state index contributed by atoms with van der Waals surface area (Å²) in [6, 6.07) is 6.19. The van der Waals surface area contributed by atoms with Gasteiger partial charge in [0.05, 0.1) is 14.2 Å². The van der Waals surface area contributed by atoms with Crippen LogP contribution in [0, 0.1) is 11.8 Å². The maximum Gasteiger partial charge on any atom is 0.317 e. The molecule has 0 aliphatic carbocycles. The summed E-state index contributed by atoms with van der Waals surface area (Å²) >= 11 is 0. The van der Waals surface area contributed by atoms with Gasteiger partial charge in [0, 0.05) is 19.6 Å². The van der Waals surface area contributed by atoms with E-state index in [4.69, 9.17) is 9.47 Å². The molecule has 0 radical (unpaired) electrons. The molecule has 1 saturated heterocycles. The number of nitrogens with zero attached hydrogens (tertiary/aromatic N) is 1. The Balaban J connectivity index is 1.83. The van der Waals surface area contributed by atoms with Crippen molar-refractivity contribution in [1.82, 2.24) is 10.2 Å². The van der Waals surface area contributed by atoms with Crippen LogP contribution in [0.15, 0.2) is 18.2 Å². The SMILES string of the molecule is COc1ccc(CC2CCN(C(=O)NCC(C)C)CC2)cc1OC. The number of benzene rings is 1. The third kappa shape index (κ3) is 5.05. The average molecular weight is 334 g/mol. The lowest BCUT2D eigenvalue weighted by molar-refractivity contribution is 0.169. The van der Waals surface area contributed by atoms with Crippen molar-refractivity contribution in [2.75, 3.05) is 33.9 Å². The molecule has 1 aromatic rings. The number of hydrogen-bond acceptors (Lipinski definition) is 3. The number of piperidine rings is 1. The van der Waals surface area contributed by atoms with Crippen LogP contribution in [0.5, 0.6) is 11.5 Å². The van der Waals surface area contributed by atoms with E-state index in [1.54, 1.807) is 14.2 Å². The molecule has 1 aromatic carbocycles. The van der Waals surface area contributed by atoms with E-state index in [0.29, 0.717) is 11.8 Å². The minimum absolute atomic E-state index is 0.0771. The fourth-order valence-corrected chi connectivity index (χ4v) is 3.08. The van der Waals surface area contributed by atoms with E-state index in [9.17, 15) is 4.79 Å². The maximum absolute atomic E-state index is 12.1. The first-order chi connectivity index (χ1) is 11.5. The molecule has 24 heavy (non-hydrogen) atoms. The number of carbonyl (C=O) groups is 1. The molecular weight excluding hydrogens is 304 g/mol. The van der Waals surface area contributed by atoms with Crippen LogP contribution in [0.3, 0.4) is 0 Å². The van der Waals surface area contributed by atoms with Crippen LogP contribution in [0.25, 0.3) is 0 Å². The van der Waals surface area contributed by atoms with E-state index in [2.05, 4.69) is 31.3 Å². The molecule has 2 rings (SSSR count). The third-order valence-electron chi connectivity index (χ3n) is 4.54. The zero-order valence-corrected chi connectivity index (χ0v) is 15.3. The predicted octanol–water partition coefficient (Wildman–Crippen LogP) is 3.32. The van der Waals surface area contributed by atoms with Crippen molar-refractivity contribution in [3.63, 3.8) is 0 Å². The van der Waals surface area contributed by atoms with Gasteiger partial charge in [-0.3, -0.25) is 0 Å². The normalized spacial score (nSPS) is 15.5. The molecule has 1 N–H and O–H groups in total. The molecule has 0 spiro atoms. The molecule has 1 aliphatic rings. The highest BCUT2D eigenvalue weighted by Gasteiger charge is 2.23. The number of ether oxygens (including phenoxy) is 2. The lowest BCUT2D eigenvalue weighted by Crippen LogP contribution is -2.45. The topological polar surface area (TPSA) is 50.8 Å². The van der Waals surface area contributed by atoms with Crippen molar-refractivity contribution in [2.45, 2.75) is 33.1 Å². The predicted molar refractivity (Wildman–Crippen MR) is 95.8 cm³/mol. The van der Waals surface area contributed by atoms with Gasteiger partial charge in [-0.15, -0.1) is 0 Å². The lowest BCUT2D eigenvalue weighted by atomic mass is 9.90. The molecule has 1 fully saturated rings. The molecule has 134 valence electrons. The van der Waals surface area contributed by atoms with Crippen LogP contribution >= 0.6 is 0 Å². The summed E-state index contributed by atoms with van der Waals surface area (Å²) in [6.07, 6.45) is 3.11. The molecule has 2 amide bonds. The largest absolute Gasteiger partial charge is 0.493 e. The summed E-state index contributed by atoms with van der Waals surface area (Å²) in [4.78, 5) is 14.0. The first kappa shape index (κ1) is 18.4. The number of nitrogens with one attached hydrogen (secondary N) is 1. The van der Waals surface area contributed by atoms with Crippen molar-refractivity contribution in [2.24, 2.45) is 11.8 Å². The second-order valence-electron chi connectivity index (χ2n) is 6.90. The van der Waals surface area contributed by atoms with E-state index in [1.165, 1.54) is 5.56 Å². The van der Waals surface area contributed by atoms with Crippen molar-refractivity contribution < 1.29 is 14.3 Å². The number of likely N-dealkylation sites (tertiary alicyclic amines) is 1. The second kappa shape index (κ2) is 8.81. The maximum atomic E-state index is 12.1. The van der Waals surface area contributed by atoms with Crippen LogP contribution in [0.2, 0.25) is 0 Å². The van der Waals surface area contributed by atoms with Crippen LogP contribution in [0.4, 0.5) is 4.79 Å². The molecule has 0 atom stereocenters. The number of amides is 2. The average Bonchev–Trinajstić information content (AvgIpc) is 2.60. The Morgan fingerprint density at radius 1 is 1.21 bits per heavy atom. The molecule has 0 unspecified atom stereocenters. The number of carbonyl (C=O) groups excluding carboxylic acids is 1. The van der Waals surface area contributed by atoms with E-state index < -0.39 is 0 Å². The van der Waals surface area contributed by atoms with Gasteiger partial charge < -0.3 is 19.7 Å². The summed E-state index contributed by atoms with van der Waals surface area (Å²) in [5.41, 5.74) is 1.26. The van der Waals surface area contributed by atoms with E-state index in [0.717, 1.165) is 50.4 Å². The van der Waals surface area contributed by atoms with Crippen LogP contribution < -0.4 is 14.8 Å². The number of hydrogen-bond donors (Lipinski definition) is 1. The minimum atomic E-state index is 0.0771. The Morgan fingerprint density at radius 2 is 1.88 bits per heavy atom. The highest BCUT2D eigenvalue weighted by Crippen LogP contribution is 2.30. The first-order valence-electron chi connectivity index (χ1n) is 8.77. The fraction of sp³-hybridized carbons (Fsp3) is 0.632. The molecule has 0 aromatic heterocycles. The van der Waals surface area contributed by atoms with Gasteiger partial charge in [0.1, 0.15) is 0 Å². The second-order valence-corrected chi connectivity index (χ2v) is 6.90. The zero-order valence-electron chi connectivity index (χ0n) is 15.3. The van der Waals surface area contributed by atoms with Crippen molar-refractivity contribution in [3.8, 4) is 11.5 Å². The van der Waals surface area contributed by atoms with Gasteiger partial charge in [0.2, 0.25) is 0 Å². The quantitative estimate of drug-likeness (QED) is 0.868. The van der Waals surface area contributed by atoms with Gasteiger partial charge in [0.15, 0.2) is 11.5 Å². The Morgan fingerprint density at radius 3 is 2.46 bits per heavy atom. The molecule has 5 heteroatoms. The smallest absolute Gasteiger partial charge is 0.317 e. The summed E-state index contributed by atoms with van der Waals surface area (Å²) in [6.45, 7) is 6.62. The van der Waals surface area contributed by atoms with Crippen molar-refractivity contribution in [1.29, 1.82) is 0 Å². The highest BCUT2D eigenvalue weighted by atomic mass is 16.5. The molecular formula is C19H30N2O3. The third-order valence-corrected chi connectivity index (χ3v) is 4.54. The van der Waals surface area contributed by atoms with Gasteiger partial charge in [-0.05, 0) is 48.8 Å². The van der Waals surface area contributed by atoms with Gasteiger partial charge in [-0.2, -0.15) is 0 Å². The van der Waals surface area contributed by atoms with Gasteiger partial charge in [0.25, 0.3) is 0 Å². The van der Waals surface area contributed by atoms with E-state index in [1.807, 2.05) is 11.0 Å². The zero-order chi connectivity index (χ0) is 17.5. The molecule has 1 aliphatic heterocycles. The summed E-state index contributed by atoms with van der Waals surface area (Å²) < 4.78 is 10.7. The first-order valence-corrected chi connectivity index (χ1v) is 8.77. The van der Waals surface area contributed by atoms with Gasteiger partial charge in [-0.1, -0.05) is 19.9 Å². The summed E-state index contributed by atoms with van der Waals surface area (Å²) in [5.74, 6) is 2.63. The summed E-state index contributed by atoms with van der Waals surface area (Å²) in [7, 11) is 3.31. The van der Waals surface area contributed by atoms with Crippen molar-refractivity contribution >= 4 is 6.03 Å². The Hall–Kier alpha value is -1.91. The number of methoxy groups -OCH3 is 2. The molecule has 0 saturated carbocycles. The Bertz CT molecular complexity index is 537. The van der Waals surface area contributed by atoms with Crippen LogP contribution in [-0.2, 0) is 6.42 Å². The molecule has 0 bridgehead atoms.